The number of hydrogen-bond donors (Lipinski definition) is 0. The molecule has 0 radical (unpaired) electrons. The summed E-state index contributed by atoms with van der Waals surface area (Å²) in [7, 11) is 0. The summed E-state index contributed by atoms with van der Waals surface area (Å²) in [5, 5.41) is 0. The normalized spacial score (nSPS) is 13.6. The third-order valence-electron chi connectivity index (χ3n) is 3.39. The molecule has 0 amide bonds. The molecule has 2 heteroatoms. The van der Waals surface area contributed by atoms with Gasteiger partial charge in [-0.1, -0.05) is 61.0 Å². The average molecular weight is 337 g/mol. The number of thiophene rings is 1. The van der Waals surface area contributed by atoms with Gasteiger partial charge in [0.15, 0.2) is 0 Å². The van der Waals surface area contributed by atoms with Crippen molar-refractivity contribution in [3.63, 3.8) is 0 Å². The monoisotopic (exact) mass is 336 g/mol. The number of benzene rings is 1. The Morgan fingerprint density at radius 3 is 2.21 bits per heavy atom. The van der Waals surface area contributed by atoms with Crippen LogP contribution in [0.15, 0.2) is 30.3 Å². The molecule has 0 nitrogen and oxygen atoms in total. The van der Waals surface area contributed by atoms with E-state index in [4.69, 9.17) is 0 Å². The quantitative estimate of drug-likeness (QED) is 0.577. The first kappa shape index (κ1) is 14.8. The van der Waals surface area contributed by atoms with Gasteiger partial charge in [-0.3, -0.25) is 0 Å². The predicted molar refractivity (Wildman–Crippen MR) is 89.7 cm³/mol. The largest absolute Gasteiger partial charge is 0.146 e. The van der Waals surface area contributed by atoms with Gasteiger partial charge in [0.25, 0.3) is 0 Å². The van der Waals surface area contributed by atoms with Crippen LogP contribution in [0.5, 0.6) is 0 Å². The van der Waals surface area contributed by atoms with E-state index in [1.54, 1.807) is 0 Å². The zero-order valence-electron chi connectivity index (χ0n) is 12.3. The van der Waals surface area contributed by atoms with Gasteiger partial charge >= 0.3 is 0 Å². The van der Waals surface area contributed by atoms with E-state index in [2.05, 4.69) is 80.9 Å². The molecule has 0 N–H and O–H groups in total. The van der Waals surface area contributed by atoms with Crippen molar-refractivity contribution in [2.75, 3.05) is 0 Å². The van der Waals surface area contributed by atoms with Crippen molar-refractivity contribution in [3.8, 4) is 0 Å². The summed E-state index contributed by atoms with van der Waals surface area (Å²) in [5.74, 6) is 0. The van der Waals surface area contributed by atoms with Crippen LogP contribution in [0.1, 0.15) is 52.0 Å². The highest BCUT2D eigenvalue weighted by molar-refractivity contribution is 9.09. The molecule has 1 aromatic carbocycles. The van der Waals surface area contributed by atoms with Crippen molar-refractivity contribution in [2.24, 2.45) is 0 Å². The summed E-state index contributed by atoms with van der Waals surface area (Å²) in [5.41, 5.74) is 4.37. The summed E-state index contributed by atoms with van der Waals surface area (Å²) in [4.78, 5) is 3.07. The topological polar surface area (TPSA) is 0 Å². The molecule has 1 unspecified atom stereocenters. The molecule has 0 aliphatic rings. The van der Waals surface area contributed by atoms with E-state index in [9.17, 15) is 0 Å². The van der Waals surface area contributed by atoms with E-state index in [0.29, 0.717) is 0 Å². The number of alkyl halides is 1. The Morgan fingerprint density at radius 1 is 1.05 bits per heavy atom. The second kappa shape index (κ2) is 5.41. The van der Waals surface area contributed by atoms with Crippen LogP contribution < -0.4 is 0 Å². The van der Waals surface area contributed by atoms with Crippen LogP contribution in [0.3, 0.4) is 0 Å². The minimum absolute atomic E-state index is 0.168. The minimum Gasteiger partial charge on any atom is -0.146 e. The molecule has 0 saturated heterocycles. The van der Waals surface area contributed by atoms with Crippen LogP contribution >= 0.6 is 27.3 Å². The van der Waals surface area contributed by atoms with Crippen molar-refractivity contribution in [3.05, 3.63) is 56.8 Å². The van der Waals surface area contributed by atoms with Crippen molar-refractivity contribution in [1.29, 1.82) is 0 Å². The predicted octanol–water partition coefficient (Wildman–Crippen LogP) is 6.15. The van der Waals surface area contributed by atoms with Gasteiger partial charge in [-0.05, 0) is 42.0 Å². The van der Waals surface area contributed by atoms with Crippen LogP contribution in [0.2, 0.25) is 0 Å². The summed E-state index contributed by atoms with van der Waals surface area (Å²) in [6, 6.07) is 11.1. The zero-order chi connectivity index (χ0) is 14.2. The van der Waals surface area contributed by atoms with Gasteiger partial charge in [0.05, 0.1) is 4.83 Å². The van der Waals surface area contributed by atoms with E-state index >= 15 is 0 Å². The van der Waals surface area contributed by atoms with Gasteiger partial charge in [-0.2, -0.15) is 0 Å². The van der Waals surface area contributed by atoms with Crippen LogP contribution in [0.25, 0.3) is 0 Å². The highest BCUT2D eigenvalue weighted by Crippen LogP contribution is 2.40. The fraction of sp³-hybridized carbons (Fsp3) is 0.412. The molecular weight excluding hydrogens is 316 g/mol. The Labute approximate surface area is 129 Å². The minimum atomic E-state index is 0.168. The molecule has 2 rings (SSSR count). The highest BCUT2D eigenvalue weighted by Gasteiger charge is 2.23. The Balaban J connectivity index is 2.50. The molecule has 19 heavy (non-hydrogen) atoms. The molecule has 1 aromatic heterocycles. The van der Waals surface area contributed by atoms with Crippen LogP contribution in [0.4, 0.5) is 0 Å². The Bertz CT molecular complexity index is 575. The lowest BCUT2D eigenvalue weighted by molar-refractivity contribution is 0.584. The fourth-order valence-electron chi connectivity index (χ4n) is 2.47. The van der Waals surface area contributed by atoms with Crippen LogP contribution in [-0.2, 0) is 5.41 Å². The molecule has 0 spiro atoms. The zero-order valence-corrected chi connectivity index (χ0v) is 14.7. The third-order valence-corrected chi connectivity index (χ3v) is 5.36. The molecule has 102 valence electrons. The maximum Gasteiger partial charge on any atom is 0.0658 e. The lowest BCUT2D eigenvalue weighted by Gasteiger charge is -2.25. The molecule has 1 atom stereocenters. The van der Waals surface area contributed by atoms with Crippen molar-refractivity contribution in [1.82, 2.24) is 0 Å². The smallest absolute Gasteiger partial charge is 0.0658 e. The molecular formula is C17H21BrS. The van der Waals surface area contributed by atoms with E-state index < -0.39 is 0 Å². The summed E-state index contributed by atoms with van der Waals surface area (Å²) < 4.78 is 0. The lowest BCUT2D eigenvalue weighted by Crippen LogP contribution is -2.15. The second-order valence-corrected chi connectivity index (χ2v) is 8.44. The molecule has 1 heterocycles. The van der Waals surface area contributed by atoms with Gasteiger partial charge in [0.2, 0.25) is 0 Å². The Kier molecular flexibility index (Phi) is 4.22. The first-order chi connectivity index (χ1) is 8.80. The van der Waals surface area contributed by atoms with Gasteiger partial charge in [0.1, 0.15) is 0 Å². The SMILES string of the molecule is Cc1cc(C(Br)c2ccccc2C(C)(C)C)c(C)s1. The fourth-order valence-corrected chi connectivity index (χ4v) is 4.46. The molecule has 0 saturated carbocycles. The molecule has 0 bridgehead atoms. The van der Waals surface area contributed by atoms with E-state index in [0.717, 1.165) is 0 Å². The van der Waals surface area contributed by atoms with Gasteiger partial charge in [0, 0.05) is 9.75 Å². The van der Waals surface area contributed by atoms with E-state index in [-0.39, 0.29) is 10.2 Å². The maximum atomic E-state index is 3.91. The lowest BCUT2D eigenvalue weighted by atomic mass is 9.82. The van der Waals surface area contributed by atoms with Crippen molar-refractivity contribution >= 4 is 27.3 Å². The van der Waals surface area contributed by atoms with Crippen molar-refractivity contribution in [2.45, 2.75) is 44.9 Å². The molecule has 2 aromatic rings. The van der Waals surface area contributed by atoms with Crippen LogP contribution in [0, 0.1) is 13.8 Å². The molecule has 0 fully saturated rings. The summed E-state index contributed by atoms with van der Waals surface area (Å²) in [6.07, 6.45) is 0. The number of hydrogen-bond acceptors (Lipinski definition) is 1. The molecule has 0 aliphatic heterocycles. The Hall–Kier alpha value is -0.600. The van der Waals surface area contributed by atoms with Gasteiger partial charge < -0.3 is 0 Å². The van der Waals surface area contributed by atoms with E-state index in [1.165, 1.54) is 26.4 Å². The van der Waals surface area contributed by atoms with Crippen LogP contribution in [-0.4, -0.2) is 0 Å². The summed E-state index contributed by atoms with van der Waals surface area (Å²) in [6.45, 7) is 11.2. The maximum absolute atomic E-state index is 3.91. The highest BCUT2D eigenvalue weighted by atomic mass is 79.9. The van der Waals surface area contributed by atoms with Gasteiger partial charge in [-0.15, -0.1) is 11.3 Å². The van der Waals surface area contributed by atoms with Gasteiger partial charge in [-0.25, -0.2) is 0 Å². The Morgan fingerprint density at radius 2 is 1.68 bits per heavy atom. The number of halogens is 1. The summed E-state index contributed by atoms with van der Waals surface area (Å²) >= 11 is 5.78. The first-order valence-corrected chi connectivity index (χ1v) is 8.34. The third kappa shape index (κ3) is 3.11. The second-order valence-electron chi connectivity index (χ2n) is 6.07. The van der Waals surface area contributed by atoms with Crippen molar-refractivity contribution < 1.29 is 0 Å². The number of aryl methyl sites for hydroxylation is 2. The average Bonchev–Trinajstić information content (AvgIpc) is 2.66. The standard InChI is InChI=1S/C17H21BrS/c1-11-10-14(12(2)19-11)16(18)13-8-6-7-9-15(13)17(3,4)5/h6-10,16H,1-5H3. The van der Waals surface area contributed by atoms with E-state index in [1.807, 2.05) is 11.3 Å². The first-order valence-electron chi connectivity index (χ1n) is 6.61. The number of rotatable bonds is 2. The molecule has 0 aliphatic carbocycles.